The maximum absolute atomic E-state index is 4.01. The van der Waals surface area contributed by atoms with E-state index in [1.165, 1.54) is 0 Å². The lowest BCUT2D eigenvalue weighted by Crippen LogP contribution is -1.93. The van der Waals surface area contributed by atoms with Crippen LogP contribution in [0.2, 0.25) is 0 Å². The maximum atomic E-state index is 4.01. The molecule has 0 saturated carbocycles. The zero-order valence-corrected chi connectivity index (χ0v) is 5.81. The summed E-state index contributed by atoms with van der Waals surface area (Å²) in [6.45, 7) is 0. The monoisotopic (exact) mass is 144 g/mol. The topological polar surface area (TPSA) is 30.7 Å². The Hall–Kier alpha value is -1.64. The predicted octanol–water partition coefficient (Wildman–Crippen LogP) is 1.07. The van der Waals surface area contributed by atoms with Crippen molar-refractivity contribution in [3.63, 3.8) is 0 Å². The molecule has 0 saturated heterocycles. The van der Waals surface area contributed by atoms with Gasteiger partial charge in [0, 0.05) is 18.5 Å². The highest BCUT2D eigenvalue weighted by atomic mass is 15.3. The van der Waals surface area contributed by atoms with Crippen molar-refractivity contribution in [1.29, 1.82) is 0 Å². The van der Waals surface area contributed by atoms with Gasteiger partial charge < -0.3 is 0 Å². The molecule has 0 N–H and O–H groups in total. The fourth-order valence-corrected chi connectivity index (χ4v) is 0.863. The van der Waals surface area contributed by atoms with Gasteiger partial charge in [-0.05, 0) is 12.1 Å². The van der Waals surface area contributed by atoms with Gasteiger partial charge >= 0.3 is 0 Å². The van der Waals surface area contributed by atoms with Crippen molar-refractivity contribution in [2.45, 2.75) is 0 Å². The third-order valence-corrected chi connectivity index (χ3v) is 1.36. The Morgan fingerprint density at radius 2 is 2.45 bits per heavy atom. The molecule has 0 amide bonds. The van der Waals surface area contributed by atoms with Gasteiger partial charge in [-0.1, -0.05) is 0 Å². The molecule has 2 aromatic heterocycles. The Morgan fingerprint density at radius 3 is 3.09 bits per heavy atom. The fourth-order valence-electron chi connectivity index (χ4n) is 0.863. The van der Waals surface area contributed by atoms with E-state index in [0.29, 0.717) is 0 Å². The summed E-state index contributed by atoms with van der Waals surface area (Å²) in [7, 11) is 0. The van der Waals surface area contributed by atoms with E-state index in [9.17, 15) is 0 Å². The van der Waals surface area contributed by atoms with Crippen LogP contribution in [-0.2, 0) is 0 Å². The van der Waals surface area contributed by atoms with E-state index in [4.69, 9.17) is 0 Å². The van der Waals surface area contributed by atoms with Crippen molar-refractivity contribution < 1.29 is 0 Å². The SMILES string of the molecule is [c]1cnn(-c2cccnc2)c1. The zero-order valence-electron chi connectivity index (χ0n) is 5.81. The molecule has 11 heavy (non-hydrogen) atoms. The first kappa shape index (κ1) is 6.09. The van der Waals surface area contributed by atoms with Crippen molar-refractivity contribution >= 4 is 0 Å². The summed E-state index contributed by atoms with van der Waals surface area (Å²) in [6.07, 6.45) is 6.86. The van der Waals surface area contributed by atoms with E-state index in [0.717, 1.165) is 5.69 Å². The Morgan fingerprint density at radius 1 is 1.45 bits per heavy atom. The van der Waals surface area contributed by atoms with E-state index in [-0.39, 0.29) is 0 Å². The lowest BCUT2D eigenvalue weighted by atomic mass is 10.4. The van der Waals surface area contributed by atoms with Gasteiger partial charge in [-0.2, -0.15) is 5.10 Å². The number of hydrogen-bond acceptors (Lipinski definition) is 2. The molecule has 0 bridgehead atoms. The van der Waals surface area contributed by atoms with Crippen molar-refractivity contribution in [3.05, 3.63) is 43.0 Å². The van der Waals surface area contributed by atoms with Crippen LogP contribution < -0.4 is 0 Å². The Balaban J connectivity index is 2.46. The van der Waals surface area contributed by atoms with Crippen LogP contribution in [-0.4, -0.2) is 14.8 Å². The Bertz CT molecular complexity index is 312. The summed E-state index contributed by atoms with van der Waals surface area (Å²) in [5.41, 5.74) is 0.953. The Kier molecular flexibility index (Phi) is 1.41. The standard InChI is InChI=1S/C8H6N3/c1-3-8(7-9-4-1)11-6-2-5-10-11/h1,3-7H. The highest BCUT2D eigenvalue weighted by molar-refractivity contribution is 5.25. The molecule has 0 aliphatic rings. The molecule has 2 aromatic rings. The van der Waals surface area contributed by atoms with Gasteiger partial charge in [0.15, 0.2) is 0 Å². The van der Waals surface area contributed by atoms with Crippen molar-refractivity contribution in [3.8, 4) is 5.69 Å². The molecule has 0 fully saturated rings. The summed E-state index contributed by atoms with van der Waals surface area (Å²) in [6, 6.07) is 6.66. The number of nitrogens with zero attached hydrogens (tertiary/aromatic N) is 3. The van der Waals surface area contributed by atoms with E-state index < -0.39 is 0 Å². The minimum Gasteiger partial charge on any atom is -0.262 e. The van der Waals surface area contributed by atoms with Crippen molar-refractivity contribution in [2.75, 3.05) is 0 Å². The number of aromatic nitrogens is 3. The zero-order chi connectivity index (χ0) is 7.52. The van der Waals surface area contributed by atoms with E-state index in [1.807, 2.05) is 12.1 Å². The van der Waals surface area contributed by atoms with Gasteiger partial charge in [0.25, 0.3) is 0 Å². The molecule has 2 rings (SSSR count). The first-order valence-electron chi connectivity index (χ1n) is 3.28. The highest BCUT2D eigenvalue weighted by Gasteiger charge is 1.91. The summed E-state index contributed by atoms with van der Waals surface area (Å²) >= 11 is 0. The molecule has 3 heteroatoms. The minimum absolute atomic E-state index is 0.953. The molecule has 2 heterocycles. The van der Waals surface area contributed by atoms with Crippen LogP contribution in [0.25, 0.3) is 5.69 Å². The lowest BCUT2D eigenvalue weighted by Gasteiger charge is -1.96. The molecule has 0 atom stereocenters. The molecular formula is C8H6N3. The van der Waals surface area contributed by atoms with Gasteiger partial charge in [-0.25, -0.2) is 4.68 Å². The smallest absolute Gasteiger partial charge is 0.0828 e. The first-order chi connectivity index (χ1) is 5.47. The number of pyridine rings is 1. The summed E-state index contributed by atoms with van der Waals surface area (Å²) < 4.78 is 1.72. The minimum atomic E-state index is 0.953. The molecule has 0 aliphatic heterocycles. The summed E-state index contributed by atoms with van der Waals surface area (Å²) in [4.78, 5) is 3.97. The van der Waals surface area contributed by atoms with Crippen LogP contribution in [0.3, 0.4) is 0 Å². The molecule has 0 aromatic carbocycles. The van der Waals surface area contributed by atoms with E-state index >= 15 is 0 Å². The van der Waals surface area contributed by atoms with Crippen molar-refractivity contribution in [2.24, 2.45) is 0 Å². The van der Waals surface area contributed by atoms with Crippen LogP contribution in [0, 0.1) is 6.07 Å². The molecule has 1 radical (unpaired) electrons. The number of hydrogen-bond donors (Lipinski definition) is 0. The van der Waals surface area contributed by atoms with Gasteiger partial charge in [-0.3, -0.25) is 4.98 Å². The Labute approximate surface area is 64.3 Å². The van der Waals surface area contributed by atoms with Crippen LogP contribution >= 0.6 is 0 Å². The van der Waals surface area contributed by atoms with Crippen LogP contribution in [0.15, 0.2) is 36.9 Å². The predicted molar refractivity (Wildman–Crippen MR) is 40.2 cm³/mol. The molecule has 0 unspecified atom stereocenters. The third kappa shape index (κ3) is 1.12. The van der Waals surface area contributed by atoms with Gasteiger partial charge in [0.2, 0.25) is 0 Å². The van der Waals surface area contributed by atoms with Gasteiger partial charge in [-0.15, -0.1) is 0 Å². The lowest BCUT2D eigenvalue weighted by molar-refractivity contribution is 0.874. The second kappa shape index (κ2) is 2.54. The van der Waals surface area contributed by atoms with E-state index in [2.05, 4.69) is 16.1 Å². The summed E-state index contributed by atoms with van der Waals surface area (Å²) in [5.74, 6) is 0. The largest absolute Gasteiger partial charge is 0.262 e. The first-order valence-corrected chi connectivity index (χ1v) is 3.28. The number of rotatable bonds is 1. The third-order valence-electron chi connectivity index (χ3n) is 1.36. The van der Waals surface area contributed by atoms with Gasteiger partial charge in [0.1, 0.15) is 0 Å². The average Bonchev–Trinajstić information content (AvgIpc) is 2.58. The van der Waals surface area contributed by atoms with Crippen LogP contribution in [0.4, 0.5) is 0 Å². The maximum Gasteiger partial charge on any atom is 0.0828 e. The second-order valence-electron chi connectivity index (χ2n) is 2.10. The highest BCUT2D eigenvalue weighted by Crippen LogP contribution is 2.00. The van der Waals surface area contributed by atoms with E-state index in [1.54, 1.807) is 29.5 Å². The normalized spacial score (nSPS) is 9.82. The average molecular weight is 144 g/mol. The van der Waals surface area contributed by atoms with Crippen LogP contribution in [0.5, 0.6) is 0 Å². The summed E-state index contributed by atoms with van der Waals surface area (Å²) in [5, 5.41) is 4.01. The quantitative estimate of drug-likeness (QED) is 0.599. The molecule has 53 valence electrons. The molecule has 0 spiro atoms. The molecular weight excluding hydrogens is 138 g/mol. The molecule has 3 nitrogen and oxygen atoms in total. The second-order valence-corrected chi connectivity index (χ2v) is 2.10. The fraction of sp³-hybridized carbons (Fsp3) is 0. The van der Waals surface area contributed by atoms with Crippen LogP contribution in [0.1, 0.15) is 0 Å². The van der Waals surface area contributed by atoms with Gasteiger partial charge in [0.05, 0.1) is 18.1 Å². The molecule has 0 aliphatic carbocycles. The van der Waals surface area contributed by atoms with Crippen molar-refractivity contribution in [1.82, 2.24) is 14.8 Å².